The van der Waals surface area contributed by atoms with E-state index >= 15 is 0 Å². The predicted octanol–water partition coefficient (Wildman–Crippen LogP) is 4.09. The molecule has 0 fully saturated rings. The van der Waals surface area contributed by atoms with Gasteiger partial charge in [0.25, 0.3) is 0 Å². The Kier molecular flexibility index (Phi) is 5.17. The number of anilines is 2. The van der Waals surface area contributed by atoms with Gasteiger partial charge in [-0.15, -0.1) is 0 Å². The standard InChI is InChI=1S/C16H16ClFN2O/c1-2-11-3-5-12(6-4-11)20-16(21)10-19-13-7-8-15(18)14(17)9-13/h3-9,19H,2,10H2,1H3,(H,20,21). The molecule has 0 saturated carbocycles. The van der Waals surface area contributed by atoms with Crippen LogP contribution in [0.3, 0.4) is 0 Å². The van der Waals surface area contributed by atoms with Crippen molar-refractivity contribution in [1.29, 1.82) is 0 Å². The molecule has 5 heteroatoms. The van der Waals surface area contributed by atoms with Gasteiger partial charge in [-0.1, -0.05) is 30.7 Å². The molecule has 3 nitrogen and oxygen atoms in total. The van der Waals surface area contributed by atoms with E-state index in [-0.39, 0.29) is 17.5 Å². The fourth-order valence-corrected chi connectivity index (χ4v) is 2.00. The third-order valence-corrected chi connectivity index (χ3v) is 3.31. The summed E-state index contributed by atoms with van der Waals surface area (Å²) in [7, 11) is 0. The fraction of sp³-hybridized carbons (Fsp3) is 0.188. The number of carbonyl (C=O) groups is 1. The van der Waals surface area contributed by atoms with Crippen molar-refractivity contribution in [3.8, 4) is 0 Å². The molecule has 21 heavy (non-hydrogen) atoms. The van der Waals surface area contributed by atoms with Crippen molar-refractivity contribution in [1.82, 2.24) is 0 Å². The summed E-state index contributed by atoms with van der Waals surface area (Å²) in [6.07, 6.45) is 0.959. The highest BCUT2D eigenvalue weighted by Gasteiger charge is 2.04. The van der Waals surface area contributed by atoms with Crippen molar-refractivity contribution >= 4 is 28.9 Å². The van der Waals surface area contributed by atoms with Gasteiger partial charge in [0.2, 0.25) is 5.91 Å². The molecule has 0 bridgehead atoms. The first-order chi connectivity index (χ1) is 10.1. The average molecular weight is 307 g/mol. The van der Waals surface area contributed by atoms with Gasteiger partial charge in [-0.25, -0.2) is 4.39 Å². The van der Waals surface area contributed by atoms with Crippen LogP contribution in [0.25, 0.3) is 0 Å². The second-order valence-corrected chi connectivity index (χ2v) is 4.99. The van der Waals surface area contributed by atoms with Crippen LogP contribution in [0.5, 0.6) is 0 Å². The Balaban J connectivity index is 1.87. The number of aryl methyl sites for hydroxylation is 1. The molecule has 0 aliphatic heterocycles. The van der Waals surface area contributed by atoms with Crippen molar-refractivity contribution in [2.45, 2.75) is 13.3 Å². The van der Waals surface area contributed by atoms with Gasteiger partial charge in [-0.2, -0.15) is 0 Å². The van der Waals surface area contributed by atoms with Crippen LogP contribution < -0.4 is 10.6 Å². The number of amides is 1. The topological polar surface area (TPSA) is 41.1 Å². The molecule has 0 heterocycles. The van der Waals surface area contributed by atoms with E-state index in [2.05, 4.69) is 17.6 Å². The molecule has 0 aliphatic carbocycles. The molecule has 0 aliphatic rings. The third-order valence-electron chi connectivity index (χ3n) is 3.02. The first-order valence-electron chi connectivity index (χ1n) is 6.66. The zero-order valence-corrected chi connectivity index (χ0v) is 12.4. The Morgan fingerprint density at radius 2 is 1.81 bits per heavy atom. The minimum absolute atomic E-state index is 0.0237. The number of benzene rings is 2. The van der Waals surface area contributed by atoms with Gasteiger partial charge in [-0.05, 0) is 42.3 Å². The molecule has 0 aromatic heterocycles. The van der Waals surface area contributed by atoms with E-state index in [9.17, 15) is 9.18 Å². The lowest BCUT2D eigenvalue weighted by Crippen LogP contribution is -2.21. The van der Waals surface area contributed by atoms with Crippen LogP contribution >= 0.6 is 11.6 Å². The molecule has 0 saturated heterocycles. The Hall–Kier alpha value is -2.07. The number of halogens is 2. The SMILES string of the molecule is CCc1ccc(NC(=O)CNc2ccc(F)c(Cl)c2)cc1. The van der Waals surface area contributed by atoms with E-state index in [0.717, 1.165) is 12.1 Å². The van der Waals surface area contributed by atoms with Crippen LogP contribution in [-0.2, 0) is 11.2 Å². The normalized spacial score (nSPS) is 10.2. The molecule has 2 N–H and O–H groups in total. The van der Waals surface area contributed by atoms with E-state index in [0.29, 0.717) is 5.69 Å². The summed E-state index contributed by atoms with van der Waals surface area (Å²) in [5, 5.41) is 5.70. The first-order valence-corrected chi connectivity index (χ1v) is 7.04. The first kappa shape index (κ1) is 15.3. The highest BCUT2D eigenvalue weighted by molar-refractivity contribution is 6.31. The number of hydrogen-bond donors (Lipinski definition) is 2. The second kappa shape index (κ2) is 7.09. The van der Waals surface area contributed by atoms with Crippen molar-refractivity contribution in [2.75, 3.05) is 17.2 Å². The largest absolute Gasteiger partial charge is 0.376 e. The summed E-state index contributed by atoms with van der Waals surface area (Å²) in [5.41, 5.74) is 2.56. The zero-order valence-electron chi connectivity index (χ0n) is 11.6. The summed E-state index contributed by atoms with van der Waals surface area (Å²) >= 11 is 5.67. The van der Waals surface area contributed by atoms with Crippen LogP contribution in [0.2, 0.25) is 5.02 Å². The van der Waals surface area contributed by atoms with E-state index < -0.39 is 5.82 Å². The monoisotopic (exact) mass is 306 g/mol. The molecule has 0 unspecified atom stereocenters. The van der Waals surface area contributed by atoms with Crippen molar-refractivity contribution in [2.24, 2.45) is 0 Å². The van der Waals surface area contributed by atoms with Gasteiger partial charge in [0.15, 0.2) is 0 Å². The number of rotatable bonds is 5. The Labute approximate surface area is 128 Å². The van der Waals surface area contributed by atoms with Gasteiger partial charge >= 0.3 is 0 Å². The zero-order chi connectivity index (χ0) is 15.2. The van der Waals surface area contributed by atoms with Crippen molar-refractivity contribution in [3.63, 3.8) is 0 Å². The van der Waals surface area contributed by atoms with Gasteiger partial charge in [0, 0.05) is 11.4 Å². The van der Waals surface area contributed by atoms with Crippen LogP contribution in [-0.4, -0.2) is 12.5 Å². The number of hydrogen-bond acceptors (Lipinski definition) is 2. The van der Waals surface area contributed by atoms with Gasteiger partial charge in [-0.3, -0.25) is 4.79 Å². The van der Waals surface area contributed by atoms with Crippen LogP contribution in [0.1, 0.15) is 12.5 Å². The lowest BCUT2D eigenvalue weighted by molar-refractivity contribution is -0.114. The molecule has 0 spiro atoms. The quantitative estimate of drug-likeness (QED) is 0.873. The maximum absolute atomic E-state index is 13.0. The number of carbonyl (C=O) groups excluding carboxylic acids is 1. The van der Waals surface area contributed by atoms with E-state index in [4.69, 9.17) is 11.6 Å². The molecular weight excluding hydrogens is 291 g/mol. The lowest BCUT2D eigenvalue weighted by Gasteiger charge is -2.09. The maximum Gasteiger partial charge on any atom is 0.243 e. The minimum Gasteiger partial charge on any atom is -0.376 e. The predicted molar refractivity (Wildman–Crippen MR) is 84.3 cm³/mol. The Bertz CT molecular complexity index is 629. The summed E-state index contributed by atoms with van der Waals surface area (Å²) in [5.74, 6) is -0.664. The lowest BCUT2D eigenvalue weighted by atomic mass is 10.1. The molecule has 2 rings (SSSR count). The van der Waals surface area contributed by atoms with Crippen LogP contribution in [0.15, 0.2) is 42.5 Å². The summed E-state index contributed by atoms with van der Waals surface area (Å²) < 4.78 is 13.0. The van der Waals surface area contributed by atoms with Gasteiger partial charge in [0.05, 0.1) is 11.6 Å². The Morgan fingerprint density at radius 1 is 1.14 bits per heavy atom. The molecule has 110 valence electrons. The maximum atomic E-state index is 13.0. The summed E-state index contributed by atoms with van der Waals surface area (Å²) in [6.45, 7) is 2.16. The van der Waals surface area contributed by atoms with Crippen molar-refractivity contribution < 1.29 is 9.18 Å². The highest BCUT2D eigenvalue weighted by Crippen LogP contribution is 2.19. The molecule has 2 aromatic rings. The third kappa shape index (κ3) is 4.46. The Morgan fingerprint density at radius 3 is 2.43 bits per heavy atom. The van der Waals surface area contributed by atoms with Gasteiger partial charge < -0.3 is 10.6 Å². The molecule has 2 aromatic carbocycles. The minimum atomic E-state index is -0.484. The van der Waals surface area contributed by atoms with E-state index in [1.165, 1.54) is 23.8 Å². The van der Waals surface area contributed by atoms with E-state index in [1.54, 1.807) is 0 Å². The fourth-order valence-electron chi connectivity index (χ4n) is 1.82. The smallest absolute Gasteiger partial charge is 0.243 e. The van der Waals surface area contributed by atoms with Crippen molar-refractivity contribution in [3.05, 3.63) is 58.9 Å². The van der Waals surface area contributed by atoms with Gasteiger partial charge in [0.1, 0.15) is 5.82 Å². The molecule has 0 atom stereocenters. The average Bonchev–Trinajstić information content (AvgIpc) is 2.49. The second-order valence-electron chi connectivity index (χ2n) is 4.58. The highest BCUT2D eigenvalue weighted by atomic mass is 35.5. The summed E-state index contributed by atoms with van der Waals surface area (Å²) in [6, 6.07) is 11.9. The molecule has 0 radical (unpaired) electrons. The van der Waals surface area contributed by atoms with Crippen LogP contribution in [0.4, 0.5) is 15.8 Å². The molecule has 1 amide bonds. The van der Waals surface area contributed by atoms with Crippen LogP contribution in [0, 0.1) is 5.82 Å². The van der Waals surface area contributed by atoms with E-state index in [1.807, 2.05) is 24.3 Å². The molecular formula is C16H16ClFN2O. The summed E-state index contributed by atoms with van der Waals surface area (Å²) in [4.78, 5) is 11.8. The number of nitrogens with one attached hydrogen (secondary N) is 2.